The highest BCUT2D eigenvalue weighted by atomic mass is 79.9. The normalized spacial score (nSPS) is 21.6. The first-order chi connectivity index (χ1) is 8.45. The van der Waals surface area contributed by atoms with Crippen LogP contribution in [0.3, 0.4) is 0 Å². The molecule has 0 spiro atoms. The minimum Gasteiger partial charge on any atom is -0.319 e. The van der Waals surface area contributed by atoms with Crippen molar-refractivity contribution in [3.8, 4) is 0 Å². The molecule has 2 rings (SSSR count). The lowest BCUT2D eigenvalue weighted by Gasteiger charge is -2.16. The van der Waals surface area contributed by atoms with Crippen molar-refractivity contribution in [3.63, 3.8) is 0 Å². The molecular weight excluding hydrogens is 404 g/mol. The van der Waals surface area contributed by atoms with Crippen molar-refractivity contribution in [2.24, 2.45) is 5.92 Å². The van der Waals surface area contributed by atoms with E-state index in [0.29, 0.717) is 27.7 Å². The Morgan fingerprint density at radius 3 is 2.83 bits per heavy atom. The molecule has 8 heteroatoms. The van der Waals surface area contributed by atoms with Gasteiger partial charge in [0.2, 0.25) is 10.0 Å². The lowest BCUT2D eigenvalue weighted by atomic mass is 10.1. The van der Waals surface area contributed by atoms with Gasteiger partial charge in [0.1, 0.15) is 4.90 Å². The van der Waals surface area contributed by atoms with Crippen molar-refractivity contribution < 1.29 is 8.42 Å². The summed E-state index contributed by atoms with van der Waals surface area (Å²) in [4.78, 5) is 0.365. The predicted octanol–water partition coefficient (Wildman–Crippen LogP) is 2.50. The van der Waals surface area contributed by atoms with Crippen LogP contribution in [-0.2, 0) is 10.0 Å². The Bertz CT molecular complexity index is 530. The average Bonchev–Trinajstić information content (AvgIpc) is 2.86. The maximum Gasteiger partial charge on any atom is 0.245 e. The van der Waals surface area contributed by atoms with Gasteiger partial charge in [-0.05, 0) is 63.9 Å². The molecule has 0 amide bonds. The van der Waals surface area contributed by atoms with E-state index in [2.05, 4.69) is 37.2 Å². The molecule has 0 aromatic carbocycles. The standard InChI is InChI=1S/C10H14Br2N2O2S2/c1-13-5-7-2-3-14(6-7)18(15,16)8-4-9(11)17-10(8)12/h4,7,13H,2-3,5-6H2,1H3. The fourth-order valence-corrected chi connectivity index (χ4v) is 7.40. The minimum atomic E-state index is -3.36. The van der Waals surface area contributed by atoms with Crippen LogP contribution in [0.5, 0.6) is 0 Å². The Balaban J connectivity index is 2.20. The number of hydrogen-bond donors (Lipinski definition) is 1. The topological polar surface area (TPSA) is 49.4 Å². The summed E-state index contributed by atoms with van der Waals surface area (Å²) in [6.45, 7) is 2.07. The van der Waals surface area contributed by atoms with E-state index in [1.165, 1.54) is 11.3 Å². The molecule has 1 unspecified atom stereocenters. The van der Waals surface area contributed by atoms with Crippen LogP contribution in [0.15, 0.2) is 18.5 Å². The Hall–Kier alpha value is 0.530. The third-order valence-corrected chi connectivity index (χ3v) is 7.60. The van der Waals surface area contributed by atoms with Crippen LogP contribution in [0.2, 0.25) is 0 Å². The van der Waals surface area contributed by atoms with Crippen molar-refractivity contribution in [1.82, 2.24) is 9.62 Å². The number of halogens is 2. The van der Waals surface area contributed by atoms with Crippen LogP contribution in [0.1, 0.15) is 6.42 Å². The van der Waals surface area contributed by atoms with Gasteiger partial charge in [-0.15, -0.1) is 11.3 Å². The summed E-state index contributed by atoms with van der Waals surface area (Å²) in [6, 6.07) is 1.66. The highest BCUT2D eigenvalue weighted by molar-refractivity contribution is 9.12. The largest absolute Gasteiger partial charge is 0.319 e. The number of hydrogen-bond acceptors (Lipinski definition) is 4. The van der Waals surface area contributed by atoms with Crippen LogP contribution in [0.25, 0.3) is 0 Å². The van der Waals surface area contributed by atoms with Gasteiger partial charge in [0, 0.05) is 13.1 Å². The monoisotopic (exact) mass is 416 g/mol. The zero-order valence-corrected chi connectivity index (χ0v) is 14.6. The van der Waals surface area contributed by atoms with E-state index in [-0.39, 0.29) is 0 Å². The molecule has 18 heavy (non-hydrogen) atoms. The summed E-state index contributed by atoms with van der Waals surface area (Å²) in [5.41, 5.74) is 0. The first-order valence-corrected chi connectivity index (χ1v) is 9.39. The smallest absolute Gasteiger partial charge is 0.245 e. The number of thiophene rings is 1. The van der Waals surface area contributed by atoms with Crippen molar-refractivity contribution >= 4 is 53.2 Å². The van der Waals surface area contributed by atoms with Crippen molar-refractivity contribution in [1.29, 1.82) is 0 Å². The van der Waals surface area contributed by atoms with Crippen molar-refractivity contribution in [2.45, 2.75) is 11.3 Å². The molecule has 1 saturated heterocycles. The quantitative estimate of drug-likeness (QED) is 0.818. The lowest BCUT2D eigenvalue weighted by Crippen LogP contribution is -2.30. The molecule has 0 saturated carbocycles. The molecule has 102 valence electrons. The van der Waals surface area contributed by atoms with Crippen molar-refractivity contribution in [2.75, 3.05) is 26.7 Å². The highest BCUT2D eigenvalue weighted by Crippen LogP contribution is 2.37. The molecular formula is C10H14Br2N2O2S2. The minimum absolute atomic E-state index is 0.365. The second kappa shape index (κ2) is 5.88. The van der Waals surface area contributed by atoms with E-state index < -0.39 is 10.0 Å². The van der Waals surface area contributed by atoms with Gasteiger partial charge in [-0.3, -0.25) is 0 Å². The fourth-order valence-electron chi connectivity index (χ4n) is 2.11. The molecule has 1 atom stereocenters. The zero-order chi connectivity index (χ0) is 13.3. The molecule has 0 bridgehead atoms. The number of sulfonamides is 1. The predicted molar refractivity (Wildman–Crippen MR) is 80.5 cm³/mol. The molecule has 1 aromatic rings. The Kier molecular flexibility index (Phi) is 4.88. The van der Waals surface area contributed by atoms with Gasteiger partial charge in [0.05, 0.1) is 7.57 Å². The molecule has 1 aliphatic heterocycles. The maximum atomic E-state index is 12.5. The van der Waals surface area contributed by atoms with E-state index in [9.17, 15) is 8.42 Å². The van der Waals surface area contributed by atoms with E-state index in [1.807, 2.05) is 7.05 Å². The van der Waals surface area contributed by atoms with Crippen LogP contribution >= 0.6 is 43.2 Å². The Morgan fingerprint density at radius 2 is 2.28 bits per heavy atom. The molecule has 0 radical (unpaired) electrons. The van der Waals surface area contributed by atoms with Gasteiger partial charge in [0.25, 0.3) is 0 Å². The zero-order valence-electron chi connectivity index (χ0n) is 9.82. The molecule has 1 N–H and O–H groups in total. The maximum absolute atomic E-state index is 12.5. The van der Waals surface area contributed by atoms with E-state index in [1.54, 1.807) is 10.4 Å². The third-order valence-electron chi connectivity index (χ3n) is 2.98. The first kappa shape index (κ1) is 14.9. The van der Waals surface area contributed by atoms with Crippen LogP contribution in [0, 0.1) is 5.92 Å². The lowest BCUT2D eigenvalue weighted by molar-refractivity contribution is 0.451. The molecule has 2 heterocycles. The van der Waals surface area contributed by atoms with Gasteiger partial charge in [0.15, 0.2) is 0 Å². The van der Waals surface area contributed by atoms with E-state index >= 15 is 0 Å². The van der Waals surface area contributed by atoms with Gasteiger partial charge >= 0.3 is 0 Å². The second-order valence-corrected chi connectivity index (χ2v) is 9.92. The molecule has 1 aromatic heterocycles. The Morgan fingerprint density at radius 1 is 1.56 bits per heavy atom. The number of rotatable bonds is 4. The fraction of sp³-hybridized carbons (Fsp3) is 0.600. The van der Waals surface area contributed by atoms with E-state index in [0.717, 1.165) is 16.8 Å². The van der Waals surface area contributed by atoms with Crippen LogP contribution in [-0.4, -0.2) is 39.4 Å². The molecule has 0 aliphatic carbocycles. The number of nitrogens with zero attached hydrogens (tertiary/aromatic N) is 1. The van der Waals surface area contributed by atoms with E-state index in [4.69, 9.17) is 0 Å². The molecule has 1 fully saturated rings. The van der Waals surface area contributed by atoms with Crippen molar-refractivity contribution in [3.05, 3.63) is 13.6 Å². The van der Waals surface area contributed by atoms with Gasteiger partial charge in [-0.25, -0.2) is 8.42 Å². The summed E-state index contributed by atoms with van der Waals surface area (Å²) < 4.78 is 28.0. The first-order valence-electron chi connectivity index (χ1n) is 5.54. The molecule has 1 aliphatic rings. The second-order valence-electron chi connectivity index (χ2n) is 4.26. The average molecular weight is 418 g/mol. The summed E-state index contributed by atoms with van der Waals surface area (Å²) in [7, 11) is -1.47. The van der Waals surface area contributed by atoms with Gasteiger partial charge < -0.3 is 5.32 Å². The summed E-state index contributed by atoms with van der Waals surface area (Å²) in [5, 5.41) is 3.10. The molecule has 4 nitrogen and oxygen atoms in total. The highest BCUT2D eigenvalue weighted by Gasteiger charge is 2.34. The van der Waals surface area contributed by atoms with Gasteiger partial charge in [-0.2, -0.15) is 4.31 Å². The van der Waals surface area contributed by atoms with Crippen LogP contribution in [0.4, 0.5) is 0 Å². The summed E-state index contributed by atoms with van der Waals surface area (Å²) in [6.07, 6.45) is 0.920. The van der Waals surface area contributed by atoms with Gasteiger partial charge in [-0.1, -0.05) is 0 Å². The number of nitrogens with one attached hydrogen (secondary N) is 1. The van der Waals surface area contributed by atoms with Crippen LogP contribution < -0.4 is 5.32 Å². The Labute approximate surface area is 128 Å². The third kappa shape index (κ3) is 2.99. The summed E-state index contributed by atoms with van der Waals surface area (Å²) in [5.74, 6) is 0.408. The SMILES string of the molecule is CNCC1CCN(S(=O)(=O)c2cc(Br)sc2Br)C1. The summed E-state index contributed by atoms with van der Waals surface area (Å²) >= 11 is 8.01.